The van der Waals surface area contributed by atoms with Crippen LogP contribution in [0.5, 0.6) is 11.5 Å². The van der Waals surface area contributed by atoms with Crippen molar-refractivity contribution >= 4 is 11.9 Å². The van der Waals surface area contributed by atoms with E-state index in [1.807, 2.05) is 25.1 Å². The fraction of sp³-hybridized carbons (Fsp3) is 0.316. The molecule has 0 aromatic heterocycles. The van der Waals surface area contributed by atoms with Crippen LogP contribution in [0.4, 0.5) is 5.69 Å². The lowest BCUT2D eigenvalue weighted by Crippen LogP contribution is -2.10. The number of aliphatic imine (C=N–C) groups is 1. The number of phenols is 1. The van der Waals surface area contributed by atoms with Crippen LogP contribution in [-0.4, -0.2) is 17.9 Å². The highest BCUT2D eigenvalue weighted by molar-refractivity contribution is 5.85. The van der Waals surface area contributed by atoms with E-state index in [0.717, 1.165) is 5.69 Å². The SMILES string of the molecule is CCOc1ccc(C=Nc2ccc(C(C)(C)C)cc2)c(O)c1. The normalized spacial score (nSPS) is 11.8. The molecule has 3 heteroatoms. The zero-order valence-electron chi connectivity index (χ0n) is 13.6. The Morgan fingerprint density at radius 3 is 2.32 bits per heavy atom. The van der Waals surface area contributed by atoms with Crippen LogP contribution < -0.4 is 4.74 Å². The molecule has 0 radical (unpaired) electrons. The molecule has 22 heavy (non-hydrogen) atoms. The highest BCUT2D eigenvalue weighted by atomic mass is 16.5. The summed E-state index contributed by atoms with van der Waals surface area (Å²) in [6, 6.07) is 13.4. The minimum atomic E-state index is 0.135. The molecule has 0 unspecified atom stereocenters. The van der Waals surface area contributed by atoms with E-state index in [1.54, 1.807) is 18.3 Å². The first-order chi connectivity index (χ1) is 10.4. The number of benzene rings is 2. The molecule has 2 rings (SSSR count). The van der Waals surface area contributed by atoms with Crippen LogP contribution in [0.2, 0.25) is 0 Å². The molecule has 0 atom stereocenters. The molecule has 0 bridgehead atoms. The summed E-state index contributed by atoms with van der Waals surface area (Å²) < 4.78 is 5.34. The van der Waals surface area contributed by atoms with Gasteiger partial charge >= 0.3 is 0 Å². The second-order valence-corrected chi connectivity index (χ2v) is 6.21. The third kappa shape index (κ3) is 4.10. The Labute approximate surface area is 132 Å². The van der Waals surface area contributed by atoms with Crippen molar-refractivity contribution in [1.82, 2.24) is 0 Å². The zero-order chi connectivity index (χ0) is 16.2. The smallest absolute Gasteiger partial charge is 0.128 e. The molecule has 0 fully saturated rings. The minimum absolute atomic E-state index is 0.135. The van der Waals surface area contributed by atoms with E-state index < -0.39 is 0 Å². The average molecular weight is 297 g/mol. The molecule has 0 aliphatic carbocycles. The average Bonchev–Trinajstić information content (AvgIpc) is 2.46. The van der Waals surface area contributed by atoms with Crippen LogP contribution in [-0.2, 0) is 5.41 Å². The van der Waals surface area contributed by atoms with Gasteiger partial charge in [-0.3, -0.25) is 4.99 Å². The number of phenolic OH excluding ortho intramolecular Hbond substituents is 1. The van der Waals surface area contributed by atoms with Gasteiger partial charge in [-0.05, 0) is 42.2 Å². The van der Waals surface area contributed by atoms with Crippen molar-refractivity contribution in [2.45, 2.75) is 33.1 Å². The summed E-state index contributed by atoms with van der Waals surface area (Å²) in [5.41, 5.74) is 2.94. The molecule has 1 N–H and O–H groups in total. The van der Waals surface area contributed by atoms with Crippen molar-refractivity contribution in [1.29, 1.82) is 0 Å². The number of ether oxygens (including phenoxy) is 1. The monoisotopic (exact) mass is 297 g/mol. The van der Waals surface area contributed by atoms with E-state index >= 15 is 0 Å². The standard InChI is InChI=1S/C19H23NO2/c1-5-22-17-11-6-14(18(21)12-17)13-20-16-9-7-15(8-10-16)19(2,3)4/h6-13,21H,5H2,1-4H3. The number of hydrogen-bond donors (Lipinski definition) is 1. The van der Waals surface area contributed by atoms with Crippen LogP contribution >= 0.6 is 0 Å². The summed E-state index contributed by atoms with van der Waals surface area (Å²) in [7, 11) is 0. The van der Waals surface area contributed by atoms with E-state index in [9.17, 15) is 5.11 Å². The van der Waals surface area contributed by atoms with Crippen LogP contribution in [0.3, 0.4) is 0 Å². The van der Waals surface area contributed by atoms with Gasteiger partial charge in [-0.2, -0.15) is 0 Å². The molecule has 2 aromatic rings. The van der Waals surface area contributed by atoms with Gasteiger partial charge in [-0.1, -0.05) is 32.9 Å². The molecule has 0 spiro atoms. The van der Waals surface area contributed by atoms with E-state index in [4.69, 9.17) is 4.74 Å². The summed E-state index contributed by atoms with van der Waals surface area (Å²) in [6.07, 6.45) is 1.66. The lowest BCUT2D eigenvalue weighted by atomic mass is 9.87. The fourth-order valence-corrected chi connectivity index (χ4v) is 2.08. The summed E-state index contributed by atoms with van der Waals surface area (Å²) in [6.45, 7) is 9.04. The number of rotatable bonds is 4. The highest BCUT2D eigenvalue weighted by Gasteiger charge is 2.12. The third-order valence-corrected chi connectivity index (χ3v) is 3.40. The van der Waals surface area contributed by atoms with Crippen molar-refractivity contribution in [2.24, 2.45) is 4.99 Å². The van der Waals surface area contributed by atoms with Crippen molar-refractivity contribution in [3.05, 3.63) is 53.6 Å². The second-order valence-electron chi connectivity index (χ2n) is 6.21. The molecule has 0 saturated heterocycles. The Balaban J connectivity index is 2.15. The van der Waals surface area contributed by atoms with Gasteiger partial charge in [-0.25, -0.2) is 0 Å². The highest BCUT2D eigenvalue weighted by Crippen LogP contribution is 2.25. The topological polar surface area (TPSA) is 41.8 Å². The fourth-order valence-electron chi connectivity index (χ4n) is 2.08. The minimum Gasteiger partial charge on any atom is -0.507 e. The van der Waals surface area contributed by atoms with Crippen LogP contribution in [0.25, 0.3) is 0 Å². The third-order valence-electron chi connectivity index (χ3n) is 3.40. The largest absolute Gasteiger partial charge is 0.507 e. The number of hydrogen-bond acceptors (Lipinski definition) is 3. The first-order valence-corrected chi connectivity index (χ1v) is 7.50. The van der Waals surface area contributed by atoms with Gasteiger partial charge in [0.2, 0.25) is 0 Å². The molecular formula is C19H23NO2. The Kier molecular flexibility index (Phi) is 4.86. The maximum Gasteiger partial charge on any atom is 0.128 e. The summed E-state index contributed by atoms with van der Waals surface area (Å²) >= 11 is 0. The lowest BCUT2D eigenvalue weighted by Gasteiger charge is -2.18. The van der Waals surface area contributed by atoms with Crippen molar-refractivity contribution in [2.75, 3.05) is 6.61 Å². The molecule has 0 aliphatic heterocycles. The molecular weight excluding hydrogens is 274 g/mol. The Morgan fingerprint density at radius 2 is 1.77 bits per heavy atom. The maximum atomic E-state index is 9.98. The van der Waals surface area contributed by atoms with E-state index in [1.165, 1.54) is 5.56 Å². The van der Waals surface area contributed by atoms with E-state index in [-0.39, 0.29) is 11.2 Å². The summed E-state index contributed by atoms with van der Waals surface area (Å²) in [5.74, 6) is 0.827. The Bertz CT molecular complexity index is 652. The zero-order valence-corrected chi connectivity index (χ0v) is 13.6. The van der Waals surface area contributed by atoms with Crippen molar-refractivity contribution < 1.29 is 9.84 Å². The number of nitrogens with zero attached hydrogens (tertiary/aromatic N) is 1. The van der Waals surface area contributed by atoms with Crippen LogP contribution in [0.1, 0.15) is 38.8 Å². The van der Waals surface area contributed by atoms with Gasteiger partial charge in [-0.15, -0.1) is 0 Å². The summed E-state index contributed by atoms with van der Waals surface area (Å²) in [4.78, 5) is 4.41. The first kappa shape index (κ1) is 16.1. The second kappa shape index (κ2) is 6.65. The van der Waals surface area contributed by atoms with Gasteiger partial charge in [0.25, 0.3) is 0 Å². The van der Waals surface area contributed by atoms with Gasteiger partial charge in [0.15, 0.2) is 0 Å². The predicted octanol–water partition coefficient (Wildman–Crippen LogP) is 4.84. The lowest BCUT2D eigenvalue weighted by molar-refractivity contribution is 0.337. The van der Waals surface area contributed by atoms with Gasteiger partial charge in [0, 0.05) is 17.8 Å². The molecule has 0 amide bonds. The Morgan fingerprint density at radius 1 is 1.09 bits per heavy atom. The molecule has 0 saturated carbocycles. The molecule has 0 heterocycles. The first-order valence-electron chi connectivity index (χ1n) is 7.50. The Hall–Kier alpha value is -2.29. The van der Waals surface area contributed by atoms with Gasteiger partial charge < -0.3 is 9.84 Å². The van der Waals surface area contributed by atoms with Gasteiger partial charge in [0.1, 0.15) is 11.5 Å². The van der Waals surface area contributed by atoms with Gasteiger partial charge in [0.05, 0.1) is 12.3 Å². The maximum absolute atomic E-state index is 9.98. The van der Waals surface area contributed by atoms with E-state index in [0.29, 0.717) is 17.9 Å². The molecule has 0 aliphatic rings. The molecule has 2 aromatic carbocycles. The van der Waals surface area contributed by atoms with E-state index in [2.05, 4.69) is 37.9 Å². The molecule has 116 valence electrons. The summed E-state index contributed by atoms with van der Waals surface area (Å²) in [5, 5.41) is 9.98. The quantitative estimate of drug-likeness (QED) is 0.820. The van der Waals surface area contributed by atoms with Crippen LogP contribution in [0.15, 0.2) is 47.5 Å². The van der Waals surface area contributed by atoms with Crippen molar-refractivity contribution in [3.63, 3.8) is 0 Å². The molecule has 3 nitrogen and oxygen atoms in total. The predicted molar refractivity (Wildman–Crippen MR) is 91.7 cm³/mol. The van der Waals surface area contributed by atoms with Crippen molar-refractivity contribution in [3.8, 4) is 11.5 Å². The number of aromatic hydroxyl groups is 1. The van der Waals surface area contributed by atoms with Crippen LogP contribution in [0, 0.1) is 0 Å².